The smallest absolute Gasteiger partial charge is 0.337 e. The maximum absolute atomic E-state index is 11.5. The summed E-state index contributed by atoms with van der Waals surface area (Å²) in [6.45, 7) is 1.48. The number of rotatable bonds is 3. The third kappa shape index (κ3) is 2.92. The lowest BCUT2D eigenvalue weighted by atomic mass is 10.1. The minimum Gasteiger partial charge on any atom is -0.465 e. The number of carbonyl (C=O) groups excluding carboxylic acids is 1. The predicted molar refractivity (Wildman–Crippen MR) is 69.7 cm³/mol. The van der Waals surface area contributed by atoms with Gasteiger partial charge >= 0.3 is 5.97 Å². The van der Waals surface area contributed by atoms with E-state index in [0.29, 0.717) is 17.9 Å². The molecule has 1 fully saturated rings. The molecule has 5 heteroatoms. The second kappa shape index (κ2) is 5.73. The van der Waals surface area contributed by atoms with Crippen LogP contribution in [-0.2, 0) is 9.47 Å². The van der Waals surface area contributed by atoms with Crippen LogP contribution in [-0.4, -0.2) is 32.3 Å². The van der Waals surface area contributed by atoms with Crippen molar-refractivity contribution in [2.24, 2.45) is 0 Å². The number of nitrogens with two attached hydrogens (primary N) is 1. The van der Waals surface area contributed by atoms with E-state index < -0.39 is 0 Å². The summed E-state index contributed by atoms with van der Waals surface area (Å²) in [6, 6.07) is 5.33. The second-order valence-electron chi connectivity index (χ2n) is 4.35. The molecule has 0 spiro atoms. The molecule has 3 N–H and O–H groups in total. The van der Waals surface area contributed by atoms with Crippen molar-refractivity contribution in [1.82, 2.24) is 0 Å². The molecule has 1 saturated heterocycles. The van der Waals surface area contributed by atoms with E-state index in [9.17, 15) is 4.79 Å². The average Bonchev–Trinajstić information content (AvgIpc) is 2.41. The van der Waals surface area contributed by atoms with Crippen LogP contribution in [0.1, 0.15) is 23.2 Å². The van der Waals surface area contributed by atoms with Crippen LogP contribution in [0, 0.1) is 0 Å². The molecular weight excluding hydrogens is 232 g/mol. The number of carbonyl (C=O) groups is 1. The van der Waals surface area contributed by atoms with Gasteiger partial charge in [0.25, 0.3) is 0 Å². The molecule has 98 valence electrons. The summed E-state index contributed by atoms with van der Waals surface area (Å²) in [7, 11) is 1.36. The van der Waals surface area contributed by atoms with Gasteiger partial charge in [0.2, 0.25) is 0 Å². The quantitative estimate of drug-likeness (QED) is 0.630. The van der Waals surface area contributed by atoms with E-state index in [-0.39, 0.29) is 12.0 Å². The SMILES string of the molecule is COC(=O)c1ccc(N)c(NC2CCCOC2)c1. The molecule has 1 aromatic carbocycles. The van der Waals surface area contributed by atoms with Gasteiger partial charge in [0.05, 0.1) is 30.7 Å². The zero-order valence-electron chi connectivity index (χ0n) is 10.4. The molecule has 0 saturated carbocycles. The van der Waals surface area contributed by atoms with Crippen LogP contribution in [0.5, 0.6) is 0 Å². The first-order chi connectivity index (χ1) is 8.70. The van der Waals surface area contributed by atoms with Crippen LogP contribution in [0.4, 0.5) is 11.4 Å². The lowest BCUT2D eigenvalue weighted by molar-refractivity contribution is 0.0601. The van der Waals surface area contributed by atoms with Gasteiger partial charge in [0, 0.05) is 12.6 Å². The van der Waals surface area contributed by atoms with Crippen LogP contribution in [0.2, 0.25) is 0 Å². The first kappa shape index (κ1) is 12.7. The molecular formula is C13H18N2O3. The van der Waals surface area contributed by atoms with Gasteiger partial charge in [-0.25, -0.2) is 4.79 Å². The van der Waals surface area contributed by atoms with Gasteiger partial charge in [-0.05, 0) is 31.0 Å². The monoisotopic (exact) mass is 250 g/mol. The summed E-state index contributed by atoms with van der Waals surface area (Å²) in [4.78, 5) is 11.5. The third-order valence-corrected chi connectivity index (χ3v) is 2.99. The number of benzene rings is 1. The zero-order chi connectivity index (χ0) is 13.0. The van der Waals surface area contributed by atoms with Crippen LogP contribution in [0.15, 0.2) is 18.2 Å². The highest BCUT2D eigenvalue weighted by Crippen LogP contribution is 2.23. The molecule has 1 atom stereocenters. The summed E-state index contributed by atoms with van der Waals surface area (Å²) in [5.74, 6) is -0.363. The Morgan fingerprint density at radius 2 is 2.39 bits per heavy atom. The van der Waals surface area contributed by atoms with Crippen LogP contribution >= 0.6 is 0 Å². The van der Waals surface area contributed by atoms with Crippen molar-refractivity contribution in [3.8, 4) is 0 Å². The van der Waals surface area contributed by atoms with Crippen molar-refractivity contribution in [2.45, 2.75) is 18.9 Å². The topological polar surface area (TPSA) is 73.6 Å². The van der Waals surface area contributed by atoms with Gasteiger partial charge in [-0.3, -0.25) is 0 Å². The van der Waals surface area contributed by atoms with Gasteiger partial charge in [-0.15, -0.1) is 0 Å². The maximum atomic E-state index is 11.5. The molecule has 1 heterocycles. The highest BCUT2D eigenvalue weighted by atomic mass is 16.5. The van der Waals surface area contributed by atoms with Crippen molar-refractivity contribution >= 4 is 17.3 Å². The molecule has 0 amide bonds. The first-order valence-electron chi connectivity index (χ1n) is 6.03. The Labute approximate surface area is 106 Å². The summed E-state index contributed by atoms with van der Waals surface area (Å²) >= 11 is 0. The van der Waals surface area contributed by atoms with Gasteiger partial charge in [0.15, 0.2) is 0 Å². The van der Waals surface area contributed by atoms with Gasteiger partial charge < -0.3 is 20.5 Å². The van der Waals surface area contributed by atoms with Crippen molar-refractivity contribution in [3.63, 3.8) is 0 Å². The number of esters is 1. The molecule has 1 aliphatic heterocycles. The fourth-order valence-electron chi connectivity index (χ4n) is 2.00. The molecule has 5 nitrogen and oxygen atoms in total. The fraction of sp³-hybridized carbons (Fsp3) is 0.462. The van der Waals surface area contributed by atoms with Crippen molar-refractivity contribution in [3.05, 3.63) is 23.8 Å². The summed E-state index contributed by atoms with van der Waals surface area (Å²) in [5.41, 5.74) is 7.76. The lowest BCUT2D eigenvalue weighted by Gasteiger charge is -2.25. The molecule has 1 aliphatic rings. The van der Waals surface area contributed by atoms with E-state index >= 15 is 0 Å². The van der Waals surface area contributed by atoms with Crippen LogP contribution < -0.4 is 11.1 Å². The van der Waals surface area contributed by atoms with E-state index in [2.05, 4.69) is 10.1 Å². The summed E-state index contributed by atoms with van der Waals surface area (Å²) < 4.78 is 10.1. The van der Waals surface area contributed by atoms with Gasteiger partial charge in [-0.1, -0.05) is 0 Å². The van der Waals surface area contributed by atoms with Crippen molar-refractivity contribution in [1.29, 1.82) is 0 Å². The van der Waals surface area contributed by atoms with E-state index in [1.54, 1.807) is 18.2 Å². The van der Waals surface area contributed by atoms with Crippen LogP contribution in [0.3, 0.4) is 0 Å². The Kier molecular flexibility index (Phi) is 4.04. The Bertz CT molecular complexity index is 428. The number of nitrogen functional groups attached to an aromatic ring is 1. The Morgan fingerprint density at radius 3 is 3.06 bits per heavy atom. The minimum absolute atomic E-state index is 0.244. The molecule has 0 aliphatic carbocycles. The molecule has 2 rings (SSSR count). The first-order valence-corrected chi connectivity index (χ1v) is 6.03. The molecule has 1 unspecified atom stereocenters. The number of ether oxygens (including phenoxy) is 2. The lowest BCUT2D eigenvalue weighted by Crippen LogP contribution is -2.30. The molecule has 0 bridgehead atoms. The highest BCUT2D eigenvalue weighted by Gasteiger charge is 2.15. The standard InChI is InChI=1S/C13H18N2O3/c1-17-13(16)9-4-5-11(14)12(7-9)15-10-3-2-6-18-8-10/h4-5,7,10,15H,2-3,6,8,14H2,1H3. The van der Waals surface area contributed by atoms with E-state index in [1.165, 1.54) is 7.11 Å². The van der Waals surface area contributed by atoms with E-state index in [4.69, 9.17) is 10.5 Å². The minimum atomic E-state index is -0.363. The fourth-order valence-corrected chi connectivity index (χ4v) is 2.00. The van der Waals surface area contributed by atoms with Gasteiger partial charge in [-0.2, -0.15) is 0 Å². The average molecular weight is 250 g/mol. The normalized spacial score (nSPS) is 19.3. The van der Waals surface area contributed by atoms with Gasteiger partial charge in [0.1, 0.15) is 0 Å². The van der Waals surface area contributed by atoms with E-state index in [0.717, 1.165) is 25.1 Å². The molecule has 0 radical (unpaired) electrons. The van der Waals surface area contributed by atoms with Crippen molar-refractivity contribution < 1.29 is 14.3 Å². The Hall–Kier alpha value is -1.75. The van der Waals surface area contributed by atoms with E-state index in [1.807, 2.05) is 0 Å². The zero-order valence-corrected chi connectivity index (χ0v) is 10.4. The maximum Gasteiger partial charge on any atom is 0.337 e. The molecule has 18 heavy (non-hydrogen) atoms. The summed E-state index contributed by atoms with van der Waals surface area (Å²) in [6.07, 6.45) is 2.08. The highest BCUT2D eigenvalue weighted by molar-refractivity contribution is 5.91. The molecule has 0 aromatic heterocycles. The number of nitrogens with one attached hydrogen (secondary N) is 1. The Morgan fingerprint density at radius 1 is 1.56 bits per heavy atom. The van der Waals surface area contributed by atoms with Crippen LogP contribution in [0.25, 0.3) is 0 Å². The predicted octanol–water partition coefficient (Wildman–Crippen LogP) is 1.65. The Balaban J connectivity index is 2.12. The largest absolute Gasteiger partial charge is 0.465 e. The number of methoxy groups -OCH3 is 1. The number of anilines is 2. The van der Waals surface area contributed by atoms with Crippen molar-refractivity contribution in [2.75, 3.05) is 31.4 Å². The second-order valence-corrected chi connectivity index (χ2v) is 4.35. The summed E-state index contributed by atoms with van der Waals surface area (Å²) in [5, 5.41) is 3.31. The number of hydrogen-bond donors (Lipinski definition) is 2. The molecule has 1 aromatic rings. The number of hydrogen-bond acceptors (Lipinski definition) is 5. The third-order valence-electron chi connectivity index (χ3n) is 2.99.